The van der Waals surface area contributed by atoms with E-state index in [1.165, 1.54) is 47.4 Å². The normalized spacial score (nSPS) is 14.3. The Balaban J connectivity index is 1.73. The zero-order valence-corrected chi connectivity index (χ0v) is 25.2. The van der Waals surface area contributed by atoms with Crippen molar-refractivity contribution in [2.75, 3.05) is 17.5 Å². The second kappa shape index (κ2) is 14.0. The summed E-state index contributed by atoms with van der Waals surface area (Å²) in [5.41, 5.74) is 0.352. The van der Waals surface area contributed by atoms with E-state index in [4.69, 9.17) is 16.3 Å². The van der Waals surface area contributed by atoms with Crippen molar-refractivity contribution in [3.63, 3.8) is 0 Å². The Morgan fingerprint density at radius 3 is 2.33 bits per heavy atom. The number of carbonyl (C=O) groups excluding carboxylic acids is 2. The fourth-order valence-electron chi connectivity index (χ4n) is 4.97. The smallest absolute Gasteiger partial charge is 0.264 e. The summed E-state index contributed by atoms with van der Waals surface area (Å²) in [7, 11) is -4.31. The van der Waals surface area contributed by atoms with Gasteiger partial charge in [-0.3, -0.25) is 13.9 Å². The van der Waals surface area contributed by atoms with Crippen LogP contribution in [0.15, 0.2) is 77.7 Å². The molecule has 1 saturated carbocycles. The molecule has 1 fully saturated rings. The lowest BCUT2D eigenvalue weighted by Gasteiger charge is -2.33. The number of hydrogen-bond acceptors (Lipinski definition) is 5. The molecular weight excluding hydrogens is 581 g/mol. The van der Waals surface area contributed by atoms with Gasteiger partial charge in [0, 0.05) is 23.2 Å². The molecule has 2 amide bonds. The molecule has 0 bridgehead atoms. The number of rotatable bonds is 12. The van der Waals surface area contributed by atoms with Gasteiger partial charge in [-0.05, 0) is 69.2 Å². The molecule has 1 aliphatic rings. The molecule has 11 heteroatoms. The van der Waals surface area contributed by atoms with Crippen LogP contribution < -0.4 is 14.4 Å². The summed E-state index contributed by atoms with van der Waals surface area (Å²) in [5, 5.41) is 3.35. The zero-order chi connectivity index (χ0) is 30.3. The minimum absolute atomic E-state index is 0.00483. The number of para-hydroxylation sites is 2. The summed E-state index contributed by atoms with van der Waals surface area (Å²) in [5.74, 6) is -1.34. The minimum Gasteiger partial charge on any atom is -0.492 e. The van der Waals surface area contributed by atoms with Crippen molar-refractivity contribution in [1.82, 2.24) is 10.2 Å². The molecular formula is C31H35ClFN3O5S. The molecule has 0 spiro atoms. The molecule has 4 rings (SSSR count). The van der Waals surface area contributed by atoms with Gasteiger partial charge < -0.3 is 15.0 Å². The lowest BCUT2D eigenvalue weighted by Crippen LogP contribution is -2.52. The second-order valence-corrected chi connectivity index (χ2v) is 12.4. The van der Waals surface area contributed by atoms with E-state index in [0.717, 1.165) is 30.0 Å². The van der Waals surface area contributed by atoms with Gasteiger partial charge in [0.2, 0.25) is 11.8 Å². The summed E-state index contributed by atoms with van der Waals surface area (Å²) in [6.45, 7) is 2.70. The first kappa shape index (κ1) is 31.3. The molecule has 3 aromatic rings. The van der Waals surface area contributed by atoms with Crippen molar-refractivity contribution < 1.29 is 27.1 Å². The van der Waals surface area contributed by atoms with E-state index in [0.29, 0.717) is 5.02 Å². The fraction of sp³-hybridized carbons (Fsp3) is 0.355. The highest BCUT2D eigenvalue weighted by Crippen LogP contribution is 2.33. The van der Waals surface area contributed by atoms with Crippen LogP contribution in [0.25, 0.3) is 0 Å². The fourth-order valence-corrected chi connectivity index (χ4v) is 6.52. The summed E-state index contributed by atoms with van der Waals surface area (Å²) >= 11 is 6.01. The van der Waals surface area contributed by atoms with E-state index in [-0.39, 0.29) is 47.0 Å². The maximum Gasteiger partial charge on any atom is 0.264 e. The van der Waals surface area contributed by atoms with Crippen molar-refractivity contribution in [3.05, 3.63) is 89.2 Å². The summed E-state index contributed by atoms with van der Waals surface area (Å²) in [6.07, 6.45) is 3.71. The third-order valence-electron chi connectivity index (χ3n) is 7.28. The molecule has 0 heterocycles. The third-order valence-corrected chi connectivity index (χ3v) is 9.31. The Labute approximate surface area is 251 Å². The van der Waals surface area contributed by atoms with Crippen LogP contribution in [0.5, 0.6) is 5.75 Å². The second-order valence-electron chi connectivity index (χ2n) is 10.1. The molecule has 1 atom stereocenters. The number of benzene rings is 3. The number of amides is 2. The molecule has 3 aromatic carbocycles. The molecule has 8 nitrogen and oxygen atoms in total. The van der Waals surface area contributed by atoms with Crippen molar-refractivity contribution in [1.29, 1.82) is 0 Å². The van der Waals surface area contributed by atoms with E-state index in [2.05, 4.69) is 5.32 Å². The van der Waals surface area contributed by atoms with Gasteiger partial charge >= 0.3 is 0 Å². The van der Waals surface area contributed by atoms with Crippen LogP contribution in [0.3, 0.4) is 0 Å². The number of hydrogen-bond donors (Lipinski definition) is 1. The number of halogens is 2. The first-order valence-electron chi connectivity index (χ1n) is 13.9. The third kappa shape index (κ3) is 7.41. The van der Waals surface area contributed by atoms with Gasteiger partial charge in [0.05, 0.1) is 17.2 Å². The zero-order valence-electron chi connectivity index (χ0n) is 23.6. The van der Waals surface area contributed by atoms with Crippen LogP contribution in [0.2, 0.25) is 5.02 Å². The van der Waals surface area contributed by atoms with Crippen molar-refractivity contribution in [2.24, 2.45) is 0 Å². The Hall–Kier alpha value is -3.63. The molecule has 0 unspecified atom stereocenters. The first-order chi connectivity index (χ1) is 20.1. The summed E-state index contributed by atoms with van der Waals surface area (Å²) in [4.78, 5) is 28.5. The van der Waals surface area contributed by atoms with E-state index in [1.807, 2.05) is 0 Å². The van der Waals surface area contributed by atoms with Gasteiger partial charge in [-0.2, -0.15) is 0 Å². The number of anilines is 1. The number of carbonyl (C=O) groups is 2. The monoisotopic (exact) mass is 615 g/mol. The van der Waals surface area contributed by atoms with Crippen LogP contribution >= 0.6 is 11.6 Å². The number of nitrogens with zero attached hydrogens (tertiary/aromatic N) is 2. The van der Waals surface area contributed by atoms with Gasteiger partial charge in [-0.25, -0.2) is 12.8 Å². The highest BCUT2D eigenvalue weighted by Gasteiger charge is 2.34. The topological polar surface area (TPSA) is 96.0 Å². The molecule has 224 valence electrons. The SMILES string of the molecule is CCOc1ccccc1N(CC(=O)N(Cc1ccccc1F)[C@H](C)C(=O)NC1CCCC1)S(=O)(=O)c1ccc(Cl)cc1. The van der Waals surface area contributed by atoms with Crippen molar-refractivity contribution in [2.45, 2.75) is 63.1 Å². The summed E-state index contributed by atoms with van der Waals surface area (Å²) < 4.78 is 49.5. The quantitative estimate of drug-likeness (QED) is 0.288. The predicted octanol–water partition coefficient (Wildman–Crippen LogP) is 5.55. The maximum atomic E-state index is 14.7. The van der Waals surface area contributed by atoms with Crippen molar-refractivity contribution in [3.8, 4) is 5.75 Å². The highest BCUT2D eigenvalue weighted by atomic mass is 35.5. The molecule has 0 aromatic heterocycles. The molecule has 0 radical (unpaired) electrons. The highest BCUT2D eigenvalue weighted by molar-refractivity contribution is 7.92. The Bertz CT molecular complexity index is 1500. The van der Waals surface area contributed by atoms with Gasteiger partial charge in [0.25, 0.3) is 10.0 Å². The minimum atomic E-state index is -4.31. The lowest BCUT2D eigenvalue weighted by molar-refractivity contribution is -0.139. The first-order valence-corrected chi connectivity index (χ1v) is 15.8. The lowest BCUT2D eigenvalue weighted by atomic mass is 10.1. The van der Waals surface area contributed by atoms with Gasteiger partial charge in [0.1, 0.15) is 24.2 Å². The molecule has 0 aliphatic heterocycles. The Morgan fingerprint density at radius 1 is 1.02 bits per heavy atom. The Morgan fingerprint density at radius 2 is 1.67 bits per heavy atom. The average Bonchev–Trinajstić information content (AvgIpc) is 3.49. The largest absolute Gasteiger partial charge is 0.492 e. The molecule has 1 aliphatic carbocycles. The number of nitrogens with one attached hydrogen (secondary N) is 1. The van der Waals surface area contributed by atoms with Crippen molar-refractivity contribution >= 4 is 39.1 Å². The number of sulfonamides is 1. The molecule has 1 N–H and O–H groups in total. The van der Waals surface area contributed by atoms with E-state index in [9.17, 15) is 22.4 Å². The molecule has 42 heavy (non-hydrogen) atoms. The van der Waals surface area contributed by atoms with Crippen LogP contribution in [0.4, 0.5) is 10.1 Å². The average molecular weight is 616 g/mol. The van der Waals surface area contributed by atoms with E-state index in [1.54, 1.807) is 44.2 Å². The number of ether oxygens (including phenoxy) is 1. The molecule has 0 saturated heterocycles. The summed E-state index contributed by atoms with van der Waals surface area (Å²) in [6, 6.07) is 17.1. The standard InChI is InChI=1S/C31H35ClFN3O5S/c1-3-41-29-15-9-8-14-28(29)36(42(39,40)26-18-16-24(32)17-19-26)21-30(37)35(20-23-10-4-7-13-27(23)33)22(2)31(38)34-25-11-5-6-12-25/h4,7-10,13-19,22,25H,3,5-6,11-12,20-21H2,1-2H3,(H,34,38)/t22-/m1/s1. The van der Waals surface area contributed by atoms with Gasteiger partial charge in [0.15, 0.2) is 0 Å². The van der Waals surface area contributed by atoms with Crippen LogP contribution in [0, 0.1) is 5.82 Å². The van der Waals surface area contributed by atoms with Gasteiger partial charge in [-0.1, -0.05) is 54.8 Å². The van der Waals surface area contributed by atoms with Crippen LogP contribution in [-0.4, -0.2) is 50.4 Å². The van der Waals surface area contributed by atoms with Gasteiger partial charge in [-0.15, -0.1) is 0 Å². The van der Waals surface area contributed by atoms with E-state index < -0.39 is 34.3 Å². The maximum absolute atomic E-state index is 14.7. The van der Waals surface area contributed by atoms with Crippen LogP contribution in [0.1, 0.15) is 45.1 Å². The predicted molar refractivity (Wildman–Crippen MR) is 160 cm³/mol. The van der Waals surface area contributed by atoms with E-state index >= 15 is 0 Å². The van der Waals surface area contributed by atoms with Crippen LogP contribution in [-0.2, 0) is 26.2 Å². The Kier molecular flexibility index (Phi) is 10.5.